The number of furan rings is 1. The Bertz CT molecular complexity index is 575. The number of guanidine groups is 1. The van der Waals surface area contributed by atoms with Crippen molar-refractivity contribution in [2.24, 2.45) is 4.99 Å². The van der Waals surface area contributed by atoms with Gasteiger partial charge in [0.1, 0.15) is 11.5 Å². The summed E-state index contributed by atoms with van der Waals surface area (Å²) < 4.78 is 7.66. The summed E-state index contributed by atoms with van der Waals surface area (Å²) in [7, 11) is 0. The lowest BCUT2D eigenvalue weighted by atomic mass is 10.2. The highest BCUT2D eigenvalue weighted by Gasteiger charge is 2.04. The van der Waals surface area contributed by atoms with E-state index in [1.54, 1.807) is 0 Å². The van der Waals surface area contributed by atoms with Crippen molar-refractivity contribution in [3.05, 3.63) is 47.7 Å². The van der Waals surface area contributed by atoms with Crippen molar-refractivity contribution >= 4 is 29.9 Å². The molecule has 0 bridgehead atoms. The zero-order chi connectivity index (χ0) is 15.1. The maximum Gasteiger partial charge on any atom is 0.191 e. The van der Waals surface area contributed by atoms with E-state index in [0.717, 1.165) is 42.7 Å². The van der Waals surface area contributed by atoms with Crippen LogP contribution in [0.3, 0.4) is 0 Å². The largest absolute Gasteiger partial charge is 0.466 e. The molecular weight excluding hydrogens is 391 g/mol. The van der Waals surface area contributed by atoms with E-state index >= 15 is 0 Å². The number of aliphatic imine (C=N–C) groups is 1. The van der Waals surface area contributed by atoms with Crippen LogP contribution in [-0.4, -0.2) is 23.6 Å². The number of nitrogens with zero attached hydrogens (tertiary/aromatic N) is 2. The van der Waals surface area contributed by atoms with Gasteiger partial charge in [-0.1, -0.05) is 0 Å². The minimum Gasteiger partial charge on any atom is -0.466 e. The predicted molar refractivity (Wildman–Crippen MR) is 101 cm³/mol. The molecule has 0 unspecified atom stereocenters. The standard InChI is InChI=1S/C16H24N4O.HI/c1-4-17-16(18-7-10-20-8-5-6-9-20)19-12-15-11-13(2)21-14(15)3;/h5-6,8-9,11H,4,7,10,12H2,1-3H3,(H2,17,18,19);1H. The molecule has 2 rings (SSSR count). The first-order valence-corrected chi connectivity index (χ1v) is 7.38. The van der Waals surface area contributed by atoms with Gasteiger partial charge in [-0.3, -0.25) is 0 Å². The highest BCUT2D eigenvalue weighted by molar-refractivity contribution is 14.0. The molecule has 0 saturated heterocycles. The Morgan fingerprint density at radius 3 is 2.55 bits per heavy atom. The van der Waals surface area contributed by atoms with Crippen molar-refractivity contribution in [3.8, 4) is 0 Å². The molecule has 0 aromatic carbocycles. The van der Waals surface area contributed by atoms with E-state index in [-0.39, 0.29) is 24.0 Å². The average molecular weight is 416 g/mol. The first kappa shape index (κ1) is 18.6. The van der Waals surface area contributed by atoms with Gasteiger partial charge in [-0.2, -0.15) is 0 Å². The average Bonchev–Trinajstić information content (AvgIpc) is 3.06. The minimum atomic E-state index is 0. The Kier molecular flexibility index (Phi) is 8.08. The molecule has 0 aliphatic heterocycles. The van der Waals surface area contributed by atoms with Gasteiger partial charge in [-0.15, -0.1) is 24.0 Å². The van der Waals surface area contributed by atoms with Crippen LogP contribution in [0.4, 0.5) is 0 Å². The zero-order valence-corrected chi connectivity index (χ0v) is 15.8. The van der Waals surface area contributed by atoms with Gasteiger partial charge in [-0.05, 0) is 39.0 Å². The molecule has 0 radical (unpaired) electrons. The quantitative estimate of drug-likeness (QED) is 0.433. The van der Waals surface area contributed by atoms with Gasteiger partial charge >= 0.3 is 0 Å². The van der Waals surface area contributed by atoms with Crippen LogP contribution >= 0.6 is 24.0 Å². The van der Waals surface area contributed by atoms with Crippen molar-refractivity contribution in [3.63, 3.8) is 0 Å². The molecule has 2 N–H and O–H groups in total. The van der Waals surface area contributed by atoms with Crippen molar-refractivity contribution < 1.29 is 4.42 Å². The van der Waals surface area contributed by atoms with E-state index < -0.39 is 0 Å². The fraction of sp³-hybridized carbons (Fsp3) is 0.438. The minimum absolute atomic E-state index is 0. The second-order valence-electron chi connectivity index (χ2n) is 4.98. The molecule has 0 atom stereocenters. The smallest absolute Gasteiger partial charge is 0.191 e. The van der Waals surface area contributed by atoms with E-state index in [1.807, 2.05) is 32.0 Å². The number of rotatable bonds is 6. The van der Waals surface area contributed by atoms with E-state index in [1.165, 1.54) is 0 Å². The molecule has 0 aliphatic rings. The lowest BCUT2D eigenvalue weighted by Crippen LogP contribution is -2.38. The van der Waals surface area contributed by atoms with Crippen LogP contribution in [0.25, 0.3) is 0 Å². The normalized spacial score (nSPS) is 11.1. The maximum atomic E-state index is 5.52. The number of hydrogen-bond acceptors (Lipinski definition) is 2. The topological polar surface area (TPSA) is 54.5 Å². The summed E-state index contributed by atoms with van der Waals surface area (Å²) in [6.45, 7) is 9.23. The highest BCUT2D eigenvalue weighted by Crippen LogP contribution is 2.14. The fourth-order valence-corrected chi connectivity index (χ4v) is 2.17. The molecule has 0 saturated carbocycles. The molecular formula is C16H25IN4O. The van der Waals surface area contributed by atoms with Crippen LogP contribution < -0.4 is 10.6 Å². The fourth-order valence-electron chi connectivity index (χ4n) is 2.17. The van der Waals surface area contributed by atoms with Gasteiger partial charge in [0.2, 0.25) is 0 Å². The first-order valence-electron chi connectivity index (χ1n) is 7.38. The summed E-state index contributed by atoms with van der Waals surface area (Å²) >= 11 is 0. The van der Waals surface area contributed by atoms with E-state index in [0.29, 0.717) is 6.54 Å². The van der Waals surface area contributed by atoms with Crippen LogP contribution in [0.5, 0.6) is 0 Å². The summed E-state index contributed by atoms with van der Waals surface area (Å²) in [5, 5.41) is 6.60. The summed E-state index contributed by atoms with van der Waals surface area (Å²) in [5.74, 6) is 2.71. The Hall–Kier alpha value is -1.44. The van der Waals surface area contributed by atoms with Gasteiger partial charge in [-0.25, -0.2) is 4.99 Å². The molecule has 2 aromatic rings. The number of aromatic nitrogens is 1. The molecule has 2 heterocycles. The maximum absolute atomic E-state index is 5.52. The van der Waals surface area contributed by atoms with E-state index in [4.69, 9.17) is 4.42 Å². The van der Waals surface area contributed by atoms with Gasteiger partial charge in [0, 0.05) is 37.6 Å². The highest BCUT2D eigenvalue weighted by atomic mass is 127. The van der Waals surface area contributed by atoms with Crippen molar-refractivity contribution in [1.82, 2.24) is 15.2 Å². The number of nitrogens with one attached hydrogen (secondary N) is 2. The molecule has 0 fully saturated rings. The van der Waals surface area contributed by atoms with Gasteiger partial charge in [0.25, 0.3) is 0 Å². The van der Waals surface area contributed by atoms with Crippen molar-refractivity contribution in [2.45, 2.75) is 33.9 Å². The number of hydrogen-bond donors (Lipinski definition) is 2. The molecule has 0 amide bonds. The van der Waals surface area contributed by atoms with Crippen LogP contribution in [0.1, 0.15) is 24.0 Å². The third-order valence-electron chi connectivity index (χ3n) is 3.22. The van der Waals surface area contributed by atoms with Gasteiger partial charge in [0.15, 0.2) is 5.96 Å². The summed E-state index contributed by atoms with van der Waals surface area (Å²) in [6, 6.07) is 6.11. The lowest BCUT2D eigenvalue weighted by Gasteiger charge is -2.11. The SMILES string of the molecule is CCNC(=NCc1cc(C)oc1C)NCCn1cccc1.I. The predicted octanol–water partition coefficient (Wildman–Crippen LogP) is 3.07. The monoisotopic (exact) mass is 416 g/mol. The van der Waals surface area contributed by atoms with Crippen LogP contribution in [-0.2, 0) is 13.1 Å². The number of halogens is 1. The third-order valence-corrected chi connectivity index (χ3v) is 3.22. The molecule has 6 heteroatoms. The molecule has 0 aliphatic carbocycles. The summed E-state index contributed by atoms with van der Waals surface area (Å²) in [6.07, 6.45) is 4.12. The van der Waals surface area contributed by atoms with Crippen LogP contribution in [0.2, 0.25) is 0 Å². The zero-order valence-electron chi connectivity index (χ0n) is 13.4. The van der Waals surface area contributed by atoms with Gasteiger partial charge < -0.3 is 19.6 Å². The molecule has 2 aromatic heterocycles. The first-order chi connectivity index (χ1) is 10.2. The van der Waals surface area contributed by atoms with Crippen molar-refractivity contribution in [1.29, 1.82) is 0 Å². The summed E-state index contributed by atoms with van der Waals surface area (Å²) in [5.41, 5.74) is 1.13. The Balaban J connectivity index is 0.00000242. The molecule has 122 valence electrons. The van der Waals surface area contributed by atoms with Crippen LogP contribution in [0.15, 0.2) is 40.0 Å². The second-order valence-corrected chi connectivity index (χ2v) is 4.98. The van der Waals surface area contributed by atoms with Crippen LogP contribution in [0, 0.1) is 13.8 Å². The van der Waals surface area contributed by atoms with Gasteiger partial charge in [0.05, 0.1) is 6.54 Å². The second kappa shape index (κ2) is 9.55. The van der Waals surface area contributed by atoms with E-state index in [2.05, 4.69) is 39.5 Å². The summed E-state index contributed by atoms with van der Waals surface area (Å²) in [4.78, 5) is 4.60. The number of aryl methyl sites for hydroxylation is 2. The Labute approximate surface area is 149 Å². The lowest BCUT2D eigenvalue weighted by molar-refractivity contribution is 0.501. The molecule has 0 spiro atoms. The molecule has 5 nitrogen and oxygen atoms in total. The molecule has 22 heavy (non-hydrogen) atoms. The Morgan fingerprint density at radius 1 is 1.23 bits per heavy atom. The van der Waals surface area contributed by atoms with E-state index in [9.17, 15) is 0 Å². The van der Waals surface area contributed by atoms with Crippen molar-refractivity contribution in [2.75, 3.05) is 13.1 Å². The third kappa shape index (κ3) is 5.75. The Morgan fingerprint density at radius 2 is 1.95 bits per heavy atom.